The van der Waals surface area contributed by atoms with E-state index in [0.717, 1.165) is 0 Å². The molecule has 0 saturated heterocycles. The molecule has 1 aromatic rings. The zero-order valence-electron chi connectivity index (χ0n) is 14.5. The van der Waals surface area contributed by atoms with Gasteiger partial charge in [-0.25, -0.2) is 0 Å². The smallest absolute Gasteiger partial charge is 0.305 e. The molecule has 0 aliphatic rings. The van der Waals surface area contributed by atoms with E-state index in [2.05, 4.69) is 0 Å². The molecule has 1 aromatic carbocycles. The summed E-state index contributed by atoms with van der Waals surface area (Å²) in [6, 6.07) is 2.81. The largest absolute Gasteiger partial charge is 0.493 e. The summed E-state index contributed by atoms with van der Waals surface area (Å²) in [6.45, 7) is 3.22. The average molecular weight is 340 g/mol. The second kappa shape index (κ2) is 9.71. The summed E-state index contributed by atoms with van der Waals surface area (Å²) in [5.41, 5.74) is 0.602. The van der Waals surface area contributed by atoms with Gasteiger partial charge in [-0.2, -0.15) is 0 Å². The zero-order valence-corrected chi connectivity index (χ0v) is 14.5. The third-order valence-corrected chi connectivity index (χ3v) is 3.42. The summed E-state index contributed by atoms with van der Waals surface area (Å²) < 4.78 is 15.4. The highest BCUT2D eigenvalue weighted by Gasteiger charge is 2.19. The fraction of sp³-hybridized carbons (Fsp3) is 0.562. The molecule has 0 saturated carbocycles. The highest BCUT2D eigenvalue weighted by atomic mass is 16.6. The highest BCUT2D eigenvalue weighted by Crippen LogP contribution is 2.36. The molecule has 0 aliphatic carbocycles. The number of nitro groups is 1. The van der Waals surface area contributed by atoms with E-state index in [0.29, 0.717) is 49.6 Å². The van der Waals surface area contributed by atoms with Gasteiger partial charge < -0.3 is 19.1 Å². The lowest BCUT2D eigenvalue weighted by atomic mass is 10.1. The topological polar surface area (TPSA) is 91.1 Å². The highest BCUT2D eigenvalue weighted by molar-refractivity contribution is 5.69. The normalized spacial score (nSPS) is 10.5. The first-order valence-corrected chi connectivity index (χ1v) is 7.66. The van der Waals surface area contributed by atoms with Gasteiger partial charge in [-0.3, -0.25) is 14.9 Å². The molecule has 0 spiro atoms. The molecule has 0 amide bonds. The van der Waals surface area contributed by atoms with E-state index < -0.39 is 4.92 Å². The van der Waals surface area contributed by atoms with E-state index in [1.54, 1.807) is 6.92 Å². The molecule has 0 radical (unpaired) electrons. The van der Waals surface area contributed by atoms with E-state index >= 15 is 0 Å². The Morgan fingerprint density at radius 1 is 1.29 bits per heavy atom. The molecule has 134 valence electrons. The van der Waals surface area contributed by atoms with Crippen molar-refractivity contribution in [2.24, 2.45) is 0 Å². The number of ether oxygens (including phenoxy) is 3. The van der Waals surface area contributed by atoms with Gasteiger partial charge in [0.25, 0.3) is 5.69 Å². The third kappa shape index (κ3) is 5.69. The minimum absolute atomic E-state index is 0.0532. The number of carbonyl (C=O) groups excluding carboxylic acids is 1. The number of benzene rings is 1. The van der Waals surface area contributed by atoms with Gasteiger partial charge in [-0.15, -0.1) is 0 Å². The number of nitrogens with zero attached hydrogens (tertiary/aromatic N) is 2. The number of hydrogen-bond acceptors (Lipinski definition) is 7. The lowest BCUT2D eigenvalue weighted by molar-refractivity contribution is -0.385. The Hall–Kier alpha value is -2.35. The molecular weight excluding hydrogens is 316 g/mol. The van der Waals surface area contributed by atoms with E-state index in [9.17, 15) is 14.9 Å². The molecule has 1 rings (SSSR count). The Bertz CT molecular complexity index is 576. The standard InChI is InChI=1S/C16H24N2O6/c1-5-24-15(19)7-6-8-17(2)11-12-9-13(18(20)21)10-14(22-3)16(12)23-4/h9-10H,5-8,11H2,1-4H3. The molecule has 24 heavy (non-hydrogen) atoms. The molecular formula is C16H24N2O6. The number of non-ortho nitro benzene ring substituents is 1. The zero-order chi connectivity index (χ0) is 18.1. The van der Waals surface area contributed by atoms with Gasteiger partial charge >= 0.3 is 5.97 Å². The van der Waals surface area contributed by atoms with Gasteiger partial charge in [0, 0.05) is 24.6 Å². The number of hydrogen-bond donors (Lipinski definition) is 0. The number of carbonyl (C=O) groups is 1. The molecule has 0 bridgehead atoms. The van der Waals surface area contributed by atoms with Crippen molar-refractivity contribution >= 4 is 11.7 Å². The molecule has 8 heteroatoms. The predicted molar refractivity (Wildman–Crippen MR) is 88.4 cm³/mol. The Labute approximate surface area is 141 Å². The van der Waals surface area contributed by atoms with Crippen LogP contribution in [-0.2, 0) is 16.1 Å². The molecule has 0 aliphatic heterocycles. The Balaban J connectivity index is 2.79. The minimum atomic E-state index is -0.466. The lowest BCUT2D eigenvalue weighted by Gasteiger charge is -2.19. The summed E-state index contributed by atoms with van der Waals surface area (Å²) in [5.74, 6) is 0.572. The van der Waals surface area contributed by atoms with Gasteiger partial charge in [0.2, 0.25) is 0 Å². The van der Waals surface area contributed by atoms with Gasteiger partial charge in [-0.05, 0) is 26.9 Å². The van der Waals surface area contributed by atoms with Crippen LogP contribution in [-0.4, -0.2) is 50.2 Å². The number of rotatable bonds is 10. The van der Waals surface area contributed by atoms with E-state index in [-0.39, 0.29) is 11.7 Å². The fourth-order valence-electron chi connectivity index (χ4n) is 2.35. The Kier molecular flexibility index (Phi) is 7.97. The van der Waals surface area contributed by atoms with Crippen molar-refractivity contribution in [1.29, 1.82) is 0 Å². The SMILES string of the molecule is CCOC(=O)CCCN(C)Cc1cc([N+](=O)[O-])cc(OC)c1OC. The van der Waals surface area contributed by atoms with Crippen LogP contribution in [0, 0.1) is 10.1 Å². The molecule has 0 atom stereocenters. The van der Waals surface area contributed by atoms with E-state index in [1.165, 1.54) is 26.4 Å². The molecule has 0 heterocycles. The maximum atomic E-state index is 11.3. The van der Waals surface area contributed by atoms with Crippen molar-refractivity contribution in [3.8, 4) is 11.5 Å². The van der Waals surface area contributed by atoms with E-state index in [4.69, 9.17) is 14.2 Å². The molecule has 0 fully saturated rings. The average Bonchev–Trinajstić information content (AvgIpc) is 2.54. The first-order chi connectivity index (χ1) is 11.4. The maximum Gasteiger partial charge on any atom is 0.305 e. The van der Waals surface area contributed by atoms with Crippen LogP contribution in [0.5, 0.6) is 11.5 Å². The van der Waals surface area contributed by atoms with Crippen LogP contribution >= 0.6 is 0 Å². The predicted octanol–water partition coefficient (Wildman–Crippen LogP) is 2.39. The second-order valence-electron chi connectivity index (χ2n) is 5.24. The molecule has 8 nitrogen and oxygen atoms in total. The van der Waals surface area contributed by atoms with Gasteiger partial charge in [0.15, 0.2) is 11.5 Å². The van der Waals surface area contributed by atoms with E-state index in [1.807, 2.05) is 11.9 Å². The number of esters is 1. The maximum absolute atomic E-state index is 11.3. The fourth-order valence-corrected chi connectivity index (χ4v) is 2.35. The summed E-state index contributed by atoms with van der Waals surface area (Å²) in [5, 5.41) is 11.1. The third-order valence-electron chi connectivity index (χ3n) is 3.42. The quantitative estimate of drug-likeness (QED) is 0.367. The van der Waals surface area contributed by atoms with Crippen LogP contribution in [0.15, 0.2) is 12.1 Å². The molecule has 0 N–H and O–H groups in total. The monoisotopic (exact) mass is 340 g/mol. The molecule has 0 aromatic heterocycles. The number of nitro benzene ring substituents is 1. The molecule has 0 unspecified atom stereocenters. The minimum Gasteiger partial charge on any atom is -0.493 e. The summed E-state index contributed by atoms with van der Waals surface area (Å²) in [4.78, 5) is 23.9. The summed E-state index contributed by atoms with van der Waals surface area (Å²) in [7, 11) is 4.80. The van der Waals surface area contributed by atoms with Gasteiger partial charge in [-0.1, -0.05) is 0 Å². The summed E-state index contributed by atoms with van der Waals surface area (Å²) in [6.07, 6.45) is 0.983. The summed E-state index contributed by atoms with van der Waals surface area (Å²) >= 11 is 0. The Morgan fingerprint density at radius 3 is 2.54 bits per heavy atom. The van der Waals surface area contributed by atoms with Crippen molar-refractivity contribution in [3.63, 3.8) is 0 Å². The van der Waals surface area contributed by atoms with Crippen molar-refractivity contribution in [1.82, 2.24) is 4.90 Å². The van der Waals surface area contributed by atoms with Crippen molar-refractivity contribution in [2.75, 3.05) is 34.4 Å². The van der Waals surface area contributed by atoms with Crippen LogP contribution < -0.4 is 9.47 Å². The Morgan fingerprint density at radius 2 is 2.00 bits per heavy atom. The first-order valence-electron chi connectivity index (χ1n) is 7.66. The first kappa shape index (κ1) is 19.7. The van der Waals surface area contributed by atoms with Crippen LogP contribution in [0.1, 0.15) is 25.3 Å². The second-order valence-corrected chi connectivity index (χ2v) is 5.24. The van der Waals surface area contributed by atoms with Crippen LogP contribution in [0.2, 0.25) is 0 Å². The van der Waals surface area contributed by atoms with Crippen LogP contribution in [0.3, 0.4) is 0 Å². The van der Waals surface area contributed by atoms with Gasteiger partial charge in [0.05, 0.1) is 31.8 Å². The van der Waals surface area contributed by atoms with Crippen LogP contribution in [0.25, 0.3) is 0 Å². The van der Waals surface area contributed by atoms with Crippen molar-refractivity contribution in [3.05, 3.63) is 27.8 Å². The van der Waals surface area contributed by atoms with Crippen LogP contribution in [0.4, 0.5) is 5.69 Å². The van der Waals surface area contributed by atoms with Crippen molar-refractivity contribution in [2.45, 2.75) is 26.3 Å². The van der Waals surface area contributed by atoms with Crippen molar-refractivity contribution < 1.29 is 23.9 Å². The number of methoxy groups -OCH3 is 2. The van der Waals surface area contributed by atoms with Gasteiger partial charge in [0.1, 0.15) is 0 Å². The lowest BCUT2D eigenvalue weighted by Crippen LogP contribution is -2.20.